The van der Waals surface area contributed by atoms with Crippen LogP contribution in [0.25, 0.3) is 0 Å². The highest BCUT2D eigenvalue weighted by molar-refractivity contribution is 6.33. The van der Waals surface area contributed by atoms with Gasteiger partial charge in [-0.1, -0.05) is 37.6 Å². The first-order valence-electron chi connectivity index (χ1n) is 8.14. The molecule has 0 aliphatic carbocycles. The van der Waals surface area contributed by atoms with Crippen LogP contribution in [0, 0.1) is 0 Å². The van der Waals surface area contributed by atoms with E-state index in [2.05, 4.69) is 48.0 Å². The molecule has 4 heteroatoms. The fourth-order valence-electron chi connectivity index (χ4n) is 3.12. The molecular weight excluding hydrogens is 282 g/mol. The average Bonchev–Trinajstić information content (AvgIpc) is 2.47. The molecule has 3 nitrogen and oxygen atoms in total. The van der Waals surface area contributed by atoms with Crippen LogP contribution in [0.5, 0.6) is 0 Å². The van der Waals surface area contributed by atoms with Crippen molar-refractivity contribution in [1.82, 2.24) is 10.2 Å². The van der Waals surface area contributed by atoms with E-state index in [4.69, 9.17) is 11.6 Å². The van der Waals surface area contributed by atoms with E-state index >= 15 is 0 Å². The SMILES string of the molecule is CCCNCc1cccc(Cl)c1N1CCN(CC)C(C)C1. The lowest BCUT2D eigenvalue weighted by atomic mass is 10.1. The van der Waals surface area contributed by atoms with Gasteiger partial charge in [0, 0.05) is 32.2 Å². The molecule has 1 aliphatic heterocycles. The minimum Gasteiger partial charge on any atom is -0.367 e. The summed E-state index contributed by atoms with van der Waals surface area (Å²) in [6.07, 6.45) is 1.15. The maximum Gasteiger partial charge on any atom is 0.0642 e. The molecule has 1 aromatic carbocycles. The van der Waals surface area contributed by atoms with E-state index in [1.807, 2.05) is 6.07 Å². The smallest absolute Gasteiger partial charge is 0.0642 e. The van der Waals surface area contributed by atoms with Crippen LogP contribution in [0.2, 0.25) is 5.02 Å². The van der Waals surface area contributed by atoms with Crippen LogP contribution in [0.1, 0.15) is 32.8 Å². The Balaban J connectivity index is 2.14. The van der Waals surface area contributed by atoms with Crippen LogP contribution < -0.4 is 10.2 Å². The molecule has 1 saturated heterocycles. The topological polar surface area (TPSA) is 18.5 Å². The Morgan fingerprint density at radius 1 is 1.29 bits per heavy atom. The van der Waals surface area contributed by atoms with Crippen LogP contribution in [0.15, 0.2) is 18.2 Å². The molecule has 0 bridgehead atoms. The molecule has 1 heterocycles. The zero-order valence-electron chi connectivity index (χ0n) is 13.5. The van der Waals surface area contributed by atoms with Gasteiger partial charge in [-0.15, -0.1) is 0 Å². The van der Waals surface area contributed by atoms with Gasteiger partial charge in [-0.3, -0.25) is 4.90 Å². The van der Waals surface area contributed by atoms with Crippen LogP contribution in [0.4, 0.5) is 5.69 Å². The molecule has 1 aromatic rings. The third-order valence-electron chi connectivity index (χ3n) is 4.30. The summed E-state index contributed by atoms with van der Waals surface area (Å²) < 4.78 is 0. The first-order chi connectivity index (χ1) is 10.2. The Bertz CT molecular complexity index is 450. The van der Waals surface area contributed by atoms with E-state index in [1.165, 1.54) is 11.3 Å². The van der Waals surface area contributed by atoms with Gasteiger partial charge >= 0.3 is 0 Å². The van der Waals surface area contributed by atoms with E-state index in [1.54, 1.807) is 0 Å². The van der Waals surface area contributed by atoms with Gasteiger partial charge in [0.25, 0.3) is 0 Å². The van der Waals surface area contributed by atoms with Crippen LogP contribution in [-0.2, 0) is 6.54 Å². The Morgan fingerprint density at radius 2 is 2.10 bits per heavy atom. The first kappa shape index (κ1) is 16.6. The van der Waals surface area contributed by atoms with Crippen LogP contribution in [-0.4, -0.2) is 43.7 Å². The molecule has 1 atom stereocenters. The molecule has 1 aliphatic rings. The van der Waals surface area contributed by atoms with E-state index in [9.17, 15) is 0 Å². The third-order valence-corrected chi connectivity index (χ3v) is 4.61. The average molecular weight is 310 g/mol. The molecule has 21 heavy (non-hydrogen) atoms. The van der Waals surface area contributed by atoms with Crippen LogP contribution in [0.3, 0.4) is 0 Å². The number of hydrogen-bond donors (Lipinski definition) is 1. The molecule has 118 valence electrons. The third kappa shape index (κ3) is 4.12. The fourth-order valence-corrected chi connectivity index (χ4v) is 3.44. The van der Waals surface area contributed by atoms with Gasteiger partial charge in [-0.05, 0) is 38.1 Å². The molecule has 0 amide bonds. The van der Waals surface area contributed by atoms with E-state index in [-0.39, 0.29) is 0 Å². The Hall–Kier alpha value is -0.770. The Morgan fingerprint density at radius 3 is 2.76 bits per heavy atom. The van der Waals surface area contributed by atoms with E-state index < -0.39 is 0 Å². The summed E-state index contributed by atoms with van der Waals surface area (Å²) in [4.78, 5) is 4.99. The maximum absolute atomic E-state index is 6.51. The second-order valence-electron chi connectivity index (χ2n) is 5.85. The molecule has 0 radical (unpaired) electrons. The summed E-state index contributed by atoms with van der Waals surface area (Å²) in [6, 6.07) is 6.84. The molecule has 1 fully saturated rings. The number of nitrogens with zero attached hydrogens (tertiary/aromatic N) is 2. The highest BCUT2D eigenvalue weighted by Gasteiger charge is 2.25. The largest absolute Gasteiger partial charge is 0.367 e. The number of hydrogen-bond acceptors (Lipinski definition) is 3. The van der Waals surface area contributed by atoms with E-state index in [0.29, 0.717) is 6.04 Å². The molecule has 1 N–H and O–H groups in total. The van der Waals surface area contributed by atoms with Crippen LogP contribution >= 0.6 is 11.6 Å². The summed E-state index contributed by atoms with van der Waals surface area (Å²) in [5.74, 6) is 0. The Kier molecular flexibility index (Phi) is 6.34. The lowest BCUT2D eigenvalue weighted by Gasteiger charge is -2.41. The number of halogens is 1. The quantitative estimate of drug-likeness (QED) is 0.813. The van der Waals surface area contributed by atoms with Gasteiger partial charge in [0.2, 0.25) is 0 Å². The predicted molar refractivity (Wildman–Crippen MR) is 92.4 cm³/mol. The number of anilines is 1. The van der Waals surface area contributed by atoms with Crippen molar-refractivity contribution < 1.29 is 0 Å². The van der Waals surface area contributed by atoms with Crippen molar-refractivity contribution >= 4 is 17.3 Å². The minimum absolute atomic E-state index is 0.580. The zero-order chi connectivity index (χ0) is 15.2. The van der Waals surface area contributed by atoms with Crippen molar-refractivity contribution in [3.8, 4) is 0 Å². The highest BCUT2D eigenvalue weighted by atomic mass is 35.5. The number of nitrogens with one attached hydrogen (secondary N) is 1. The number of likely N-dealkylation sites (N-methyl/N-ethyl adjacent to an activating group) is 1. The molecule has 0 spiro atoms. The van der Waals surface area contributed by atoms with E-state index in [0.717, 1.165) is 50.7 Å². The van der Waals surface area contributed by atoms with Crippen molar-refractivity contribution in [1.29, 1.82) is 0 Å². The first-order valence-corrected chi connectivity index (χ1v) is 8.52. The number of para-hydroxylation sites is 1. The van der Waals surface area contributed by atoms with Crippen molar-refractivity contribution in [2.24, 2.45) is 0 Å². The molecule has 0 saturated carbocycles. The lowest BCUT2D eigenvalue weighted by Crippen LogP contribution is -2.52. The monoisotopic (exact) mass is 309 g/mol. The number of rotatable bonds is 6. The molecular formula is C17H28ClN3. The number of benzene rings is 1. The molecule has 2 rings (SSSR count). The highest BCUT2D eigenvalue weighted by Crippen LogP contribution is 2.31. The van der Waals surface area contributed by atoms with Gasteiger partial charge in [0.1, 0.15) is 0 Å². The summed E-state index contributed by atoms with van der Waals surface area (Å²) in [6.45, 7) is 13.0. The summed E-state index contributed by atoms with van der Waals surface area (Å²) in [7, 11) is 0. The van der Waals surface area contributed by atoms with Gasteiger partial charge in [0.05, 0.1) is 10.7 Å². The fraction of sp³-hybridized carbons (Fsp3) is 0.647. The van der Waals surface area contributed by atoms with Gasteiger partial charge in [0.15, 0.2) is 0 Å². The Labute approximate surface area is 134 Å². The minimum atomic E-state index is 0.580. The maximum atomic E-state index is 6.51. The van der Waals surface area contributed by atoms with Gasteiger partial charge in [-0.25, -0.2) is 0 Å². The van der Waals surface area contributed by atoms with Crippen molar-refractivity contribution in [3.05, 3.63) is 28.8 Å². The van der Waals surface area contributed by atoms with Crippen molar-refractivity contribution in [3.63, 3.8) is 0 Å². The standard InChI is InChI=1S/C17H28ClN3/c1-4-9-19-12-15-7-6-8-16(18)17(15)21-11-10-20(5-2)14(3)13-21/h6-8,14,19H,4-5,9-13H2,1-3H3. The lowest BCUT2D eigenvalue weighted by molar-refractivity contribution is 0.199. The summed E-state index contributed by atoms with van der Waals surface area (Å²) in [5.41, 5.74) is 2.54. The molecule has 1 unspecified atom stereocenters. The van der Waals surface area contributed by atoms with Gasteiger partial charge < -0.3 is 10.2 Å². The number of piperazine rings is 1. The normalized spacial score (nSPS) is 20.0. The summed E-state index contributed by atoms with van der Waals surface area (Å²) in [5, 5.41) is 4.37. The van der Waals surface area contributed by atoms with Crippen molar-refractivity contribution in [2.75, 3.05) is 37.6 Å². The predicted octanol–water partition coefficient (Wildman–Crippen LogP) is 3.37. The van der Waals surface area contributed by atoms with Gasteiger partial charge in [-0.2, -0.15) is 0 Å². The zero-order valence-corrected chi connectivity index (χ0v) is 14.3. The van der Waals surface area contributed by atoms with Crippen molar-refractivity contribution in [2.45, 2.75) is 39.8 Å². The molecule has 0 aromatic heterocycles. The second-order valence-corrected chi connectivity index (χ2v) is 6.26. The second kappa shape index (κ2) is 8.02. The summed E-state index contributed by atoms with van der Waals surface area (Å²) >= 11 is 6.51.